The number of carbonyl (C=O) groups is 2. The molecule has 32 heavy (non-hydrogen) atoms. The Morgan fingerprint density at radius 2 is 1.94 bits per heavy atom. The maximum absolute atomic E-state index is 12.8. The number of rotatable bonds is 7. The molecule has 0 saturated heterocycles. The highest BCUT2D eigenvalue weighted by molar-refractivity contribution is 7.98. The first-order valence-corrected chi connectivity index (χ1v) is 11.7. The van der Waals surface area contributed by atoms with Crippen LogP contribution in [0.4, 0.5) is 5.82 Å². The van der Waals surface area contributed by atoms with Gasteiger partial charge in [0.25, 0.3) is 5.91 Å². The molecule has 2 heterocycles. The molecule has 1 aliphatic heterocycles. The van der Waals surface area contributed by atoms with E-state index in [1.807, 2.05) is 24.3 Å². The van der Waals surface area contributed by atoms with E-state index in [-0.39, 0.29) is 23.4 Å². The third-order valence-corrected chi connectivity index (χ3v) is 6.49. The Kier molecular flexibility index (Phi) is 6.93. The Bertz CT molecular complexity index is 1160. The summed E-state index contributed by atoms with van der Waals surface area (Å²) in [6, 6.07) is 12.1. The molecule has 7 nitrogen and oxygen atoms in total. The van der Waals surface area contributed by atoms with E-state index in [0.29, 0.717) is 28.7 Å². The molecule has 0 unspecified atom stereocenters. The lowest BCUT2D eigenvalue weighted by Crippen LogP contribution is -2.28. The largest absolute Gasteiger partial charge is 0.497 e. The van der Waals surface area contributed by atoms with Crippen LogP contribution in [0.25, 0.3) is 0 Å². The summed E-state index contributed by atoms with van der Waals surface area (Å²) < 4.78 is 6.68. The molecule has 166 valence electrons. The Morgan fingerprint density at radius 1 is 1.16 bits per heavy atom. The van der Waals surface area contributed by atoms with Gasteiger partial charge in [-0.25, -0.2) is 4.68 Å². The van der Waals surface area contributed by atoms with Gasteiger partial charge in [-0.15, -0.1) is 0 Å². The monoisotopic (exact) mass is 490 g/mol. The number of halogens is 2. The molecule has 0 radical (unpaired) electrons. The van der Waals surface area contributed by atoms with Crippen LogP contribution in [0.5, 0.6) is 5.75 Å². The SMILES string of the molecule is COc1ccc(CNC(=O)Cn2nc3c(c2NC(=O)c2ccc(Cl)cc2Cl)CSC3)cc1. The van der Waals surface area contributed by atoms with Crippen LogP contribution in [0, 0.1) is 0 Å². The molecule has 4 rings (SSSR count). The average Bonchev–Trinajstić information content (AvgIpc) is 3.35. The van der Waals surface area contributed by atoms with Crippen molar-refractivity contribution in [1.82, 2.24) is 15.1 Å². The Morgan fingerprint density at radius 3 is 2.66 bits per heavy atom. The number of fused-ring (bicyclic) bond motifs is 1. The molecule has 2 N–H and O–H groups in total. The smallest absolute Gasteiger partial charge is 0.258 e. The third kappa shape index (κ3) is 5.03. The van der Waals surface area contributed by atoms with E-state index in [1.54, 1.807) is 31.0 Å². The molecule has 2 amide bonds. The van der Waals surface area contributed by atoms with Crippen LogP contribution >= 0.6 is 35.0 Å². The molecule has 0 bridgehead atoms. The van der Waals surface area contributed by atoms with Gasteiger partial charge in [0.15, 0.2) is 0 Å². The highest BCUT2D eigenvalue weighted by Gasteiger charge is 2.25. The number of methoxy groups -OCH3 is 1. The molecule has 1 aromatic heterocycles. The van der Waals surface area contributed by atoms with Crippen LogP contribution < -0.4 is 15.4 Å². The van der Waals surface area contributed by atoms with Crippen molar-refractivity contribution in [3.05, 3.63) is 74.9 Å². The summed E-state index contributed by atoms with van der Waals surface area (Å²) in [5.41, 5.74) is 3.04. The van der Waals surface area contributed by atoms with Gasteiger partial charge in [-0.1, -0.05) is 35.3 Å². The van der Waals surface area contributed by atoms with E-state index < -0.39 is 0 Å². The molecule has 0 aliphatic carbocycles. The summed E-state index contributed by atoms with van der Waals surface area (Å²) in [7, 11) is 1.61. The van der Waals surface area contributed by atoms with Crippen molar-refractivity contribution in [2.75, 3.05) is 12.4 Å². The number of benzene rings is 2. The van der Waals surface area contributed by atoms with Crippen LogP contribution in [-0.2, 0) is 29.4 Å². The molecule has 2 aromatic carbocycles. The molecule has 0 saturated carbocycles. The molecular weight excluding hydrogens is 471 g/mol. The lowest BCUT2D eigenvalue weighted by atomic mass is 10.2. The molecule has 0 atom stereocenters. The maximum Gasteiger partial charge on any atom is 0.258 e. The lowest BCUT2D eigenvalue weighted by Gasteiger charge is -2.12. The van der Waals surface area contributed by atoms with E-state index >= 15 is 0 Å². The van der Waals surface area contributed by atoms with Crippen molar-refractivity contribution in [3.8, 4) is 5.75 Å². The van der Waals surface area contributed by atoms with Crippen molar-refractivity contribution in [2.45, 2.75) is 24.6 Å². The minimum atomic E-state index is -0.383. The summed E-state index contributed by atoms with van der Waals surface area (Å²) in [5.74, 6) is 2.12. The quantitative estimate of drug-likeness (QED) is 0.508. The van der Waals surface area contributed by atoms with Gasteiger partial charge in [-0.05, 0) is 35.9 Å². The number of hydrogen-bond donors (Lipinski definition) is 2. The molecule has 3 aromatic rings. The van der Waals surface area contributed by atoms with Crippen molar-refractivity contribution in [1.29, 1.82) is 0 Å². The number of thioether (sulfide) groups is 1. The number of aromatic nitrogens is 2. The summed E-state index contributed by atoms with van der Waals surface area (Å²) in [5, 5.41) is 11.0. The Hall–Kier alpha value is -2.68. The van der Waals surface area contributed by atoms with Gasteiger partial charge in [0.05, 0.1) is 23.4 Å². The van der Waals surface area contributed by atoms with Gasteiger partial charge in [0, 0.05) is 28.6 Å². The second-order valence-electron chi connectivity index (χ2n) is 7.13. The van der Waals surface area contributed by atoms with Crippen molar-refractivity contribution in [2.24, 2.45) is 0 Å². The first-order valence-electron chi connectivity index (χ1n) is 9.77. The third-order valence-electron chi connectivity index (χ3n) is 4.97. The van der Waals surface area contributed by atoms with Crippen molar-refractivity contribution < 1.29 is 14.3 Å². The fraction of sp³-hybridized carbons (Fsp3) is 0.227. The first kappa shape index (κ1) is 22.5. The summed E-state index contributed by atoms with van der Waals surface area (Å²) in [6.07, 6.45) is 0. The van der Waals surface area contributed by atoms with Crippen LogP contribution in [0.3, 0.4) is 0 Å². The van der Waals surface area contributed by atoms with Crippen LogP contribution in [0.1, 0.15) is 27.2 Å². The van der Waals surface area contributed by atoms with E-state index in [9.17, 15) is 9.59 Å². The van der Waals surface area contributed by atoms with E-state index in [0.717, 1.165) is 28.3 Å². The lowest BCUT2D eigenvalue weighted by molar-refractivity contribution is -0.122. The normalized spacial score (nSPS) is 12.3. The number of amides is 2. The predicted molar refractivity (Wildman–Crippen MR) is 126 cm³/mol. The second-order valence-corrected chi connectivity index (χ2v) is 8.96. The Labute approximate surface area is 199 Å². The van der Waals surface area contributed by atoms with Gasteiger partial charge in [-0.3, -0.25) is 9.59 Å². The number of anilines is 1. The summed E-state index contributed by atoms with van der Waals surface area (Å²) >= 11 is 13.8. The van der Waals surface area contributed by atoms with Gasteiger partial charge in [0.1, 0.15) is 18.1 Å². The number of nitrogens with one attached hydrogen (secondary N) is 2. The standard InChI is InChI=1S/C22H20Cl2N4O3S/c1-31-15-5-2-13(3-6-15)9-25-20(29)10-28-21(17-11-32-12-19(17)27-28)26-22(30)16-7-4-14(23)8-18(16)24/h2-8H,9-12H2,1H3,(H,25,29)(H,26,30). The van der Waals surface area contributed by atoms with Crippen molar-refractivity contribution >= 4 is 52.6 Å². The van der Waals surface area contributed by atoms with Crippen molar-refractivity contribution in [3.63, 3.8) is 0 Å². The van der Waals surface area contributed by atoms with E-state index in [2.05, 4.69) is 15.7 Å². The minimum absolute atomic E-state index is 0.0161. The highest BCUT2D eigenvalue weighted by atomic mass is 35.5. The Balaban J connectivity index is 1.47. The van der Waals surface area contributed by atoms with Crippen LogP contribution in [0.2, 0.25) is 10.0 Å². The molecule has 1 aliphatic rings. The number of ether oxygens (including phenoxy) is 1. The molecule has 0 spiro atoms. The van der Waals surface area contributed by atoms with Gasteiger partial charge in [-0.2, -0.15) is 16.9 Å². The summed E-state index contributed by atoms with van der Waals surface area (Å²) in [6.45, 7) is 0.361. The minimum Gasteiger partial charge on any atom is -0.497 e. The zero-order valence-corrected chi connectivity index (χ0v) is 19.5. The zero-order valence-electron chi connectivity index (χ0n) is 17.2. The van der Waals surface area contributed by atoms with E-state index in [4.69, 9.17) is 27.9 Å². The van der Waals surface area contributed by atoms with Gasteiger partial charge < -0.3 is 15.4 Å². The van der Waals surface area contributed by atoms with Crippen LogP contribution in [-0.4, -0.2) is 28.7 Å². The topological polar surface area (TPSA) is 85.2 Å². The molecular formula is C22H20Cl2N4O3S. The number of nitrogens with zero attached hydrogens (tertiary/aromatic N) is 2. The molecule has 10 heteroatoms. The highest BCUT2D eigenvalue weighted by Crippen LogP contribution is 2.35. The predicted octanol–water partition coefficient (Wildman–Crippen LogP) is 4.51. The number of hydrogen-bond acceptors (Lipinski definition) is 5. The molecule has 0 fully saturated rings. The first-order chi connectivity index (χ1) is 15.4. The number of carbonyl (C=O) groups excluding carboxylic acids is 2. The van der Waals surface area contributed by atoms with Gasteiger partial charge >= 0.3 is 0 Å². The van der Waals surface area contributed by atoms with Gasteiger partial charge in [0.2, 0.25) is 5.91 Å². The maximum atomic E-state index is 12.8. The summed E-state index contributed by atoms with van der Waals surface area (Å²) in [4.78, 5) is 25.4. The second kappa shape index (κ2) is 9.85. The fourth-order valence-corrected chi connectivity index (χ4v) is 4.83. The fourth-order valence-electron chi connectivity index (χ4n) is 3.30. The zero-order chi connectivity index (χ0) is 22.7. The van der Waals surface area contributed by atoms with Crippen LogP contribution in [0.15, 0.2) is 42.5 Å². The van der Waals surface area contributed by atoms with E-state index in [1.165, 1.54) is 10.7 Å². The average molecular weight is 491 g/mol.